The Morgan fingerprint density at radius 1 is 1.33 bits per heavy atom. The molecule has 1 aromatic rings. The Morgan fingerprint density at radius 2 is 2.00 bits per heavy atom. The largest absolute Gasteiger partial charge is 0.312 e. The third-order valence-corrected chi connectivity index (χ3v) is 6.45. The molecule has 0 aromatic carbocycles. The van der Waals surface area contributed by atoms with Crippen LogP contribution in [0, 0.1) is 11.8 Å². The molecule has 1 aliphatic rings. The summed E-state index contributed by atoms with van der Waals surface area (Å²) in [6.45, 7) is 4.43. The molecule has 0 amide bonds. The van der Waals surface area contributed by atoms with Crippen molar-refractivity contribution in [2.45, 2.75) is 45.6 Å². The summed E-state index contributed by atoms with van der Waals surface area (Å²) in [5, 5.41) is 3.58. The van der Waals surface area contributed by atoms with Gasteiger partial charge in [0.05, 0.1) is 0 Å². The van der Waals surface area contributed by atoms with Crippen LogP contribution in [0.5, 0.6) is 0 Å². The highest BCUT2D eigenvalue weighted by atomic mass is 79.9. The average Bonchev–Trinajstić information content (AvgIpc) is 2.69. The first-order valence-corrected chi connectivity index (χ1v) is 8.82. The Morgan fingerprint density at radius 3 is 2.56 bits per heavy atom. The molecule has 4 heteroatoms. The Hall–Kier alpha value is 0.430. The van der Waals surface area contributed by atoms with Gasteiger partial charge in [-0.1, -0.05) is 37.8 Å². The van der Waals surface area contributed by atoms with Crippen LogP contribution in [0.25, 0.3) is 0 Å². The van der Waals surface area contributed by atoms with Gasteiger partial charge in [0.25, 0.3) is 0 Å². The van der Waals surface area contributed by atoms with Crippen LogP contribution < -0.4 is 5.32 Å². The number of rotatable bonds is 5. The maximum atomic E-state index is 6.03. The zero-order valence-corrected chi connectivity index (χ0v) is 14.0. The fraction of sp³-hybridized carbons (Fsp3) is 0.714. The van der Waals surface area contributed by atoms with Crippen molar-refractivity contribution in [2.24, 2.45) is 11.8 Å². The van der Waals surface area contributed by atoms with E-state index in [-0.39, 0.29) is 0 Å². The van der Waals surface area contributed by atoms with E-state index in [1.807, 2.05) is 0 Å². The van der Waals surface area contributed by atoms with Crippen molar-refractivity contribution >= 4 is 38.9 Å². The van der Waals surface area contributed by atoms with Crippen LogP contribution in [0.4, 0.5) is 0 Å². The van der Waals surface area contributed by atoms with Crippen LogP contribution in [0.3, 0.4) is 0 Å². The first kappa shape index (κ1) is 14.8. The van der Waals surface area contributed by atoms with Crippen molar-refractivity contribution in [3.8, 4) is 0 Å². The van der Waals surface area contributed by atoms with Crippen molar-refractivity contribution in [1.29, 1.82) is 0 Å². The van der Waals surface area contributed by atoms with Crippen molar-refractivity contribution in [2.75, 3.05) is 6.54 Å². The summed E-state index contributed by atoms with van der Waals surface area (Å²) in [6, 6.07) is 2.12. The third-order valence-electron chi connectivity index (χ3n) is 3.97. The normalized spacial score (nSPS) is 24.4. The lowest BCUT2D eigenvalue weighted by molar-refractivity contribution is 0.262. The van der Waals surface area contributed by atoms with E-state index in [0.717, 1.165) is 33.7 Å². The second-order valence-electron chi connectivity index (χ2n) is 5.26. The van der Waals surface area contributed by atoms with Crippen molar-refractivity contribution in [3.05, 3.63) is 19.8 Å². The van der Waals surface area contributed by atoms with E-state index in [1.165, 1.54) is 37.0 Å². The molecule has 0 atom stereocenters. The Balaban J connectivity index is 1.67. The van der Waals surface area contributed by atoms with E-state index in [9.17, 15) is 0 Å². The molecule has 0 aliphatic heterocycles. The van der Waals surface area contributed by atoms with Crippen LogP contribution in [0.15, 0.2) is 10.5 Å². The molecule has 18 heavy (non-hydrogen) atoms. The van der Waals surface area contributed by atoms with E-state index in [4.69, 9.17) is 11.6 Å². The van der Waals surface area contributed by atoms with Gasteiger partial charge in [-0.3, -0.25) is 0 Å². The second kappa shape index (κ2) is 7.28. The molecule has 1 aliphatic carbocycles. The average molecular weight is 351 g/mol. The monoisotopic (exact) mass is 349 g/mol. The van der Waals surface area contributed by atoms with E-state index in [2.05, 4.69) is 34.2 Å². The smallest absolute Gasteiger partial charge is 0.107 e. The SMILES string of the molecule is CCC1CCC(CNCc2cc(Br)c(Cl)s2)CC1. The van der Waals surface area contributed by atoms with Crippen LogP contribution in [0.1, 0.15) is 43.9 Å². The first-order chi connectivity index (χ1) is 8.69. The molecule has 0 radical (unpaired) electrons. The maximum absolute atomic E-state index is 6.03. The van der Waals surface area contributed by atoms with Gasteiger partial charge >= 0.3 is 0 Å². The number of hydrogen-bond acceptors (Lipinski definition) is 2. The quantitative estimate of drug-likeness (QED) is 0.742. The van der Waals surface area contributed by atoms with Gasteiger partial charge in [0.15, 0.2) is 0 Å². The van der Waals surface area contributed by atoms with Gasteiger partial charge in [-0.25, -0.2) is 0 Å². The van der Waals surface area contributed by atoms with Crippen LogP contribution in [-0.4, -0.2) is 6.54 Å². The number of halogens is 2. The summed E-state index contributed by atoms with van der Waals surface area (Å²) in [5.74, 6) is 1.87. The number of thiophene rings is 1. The maximum Gasteiger partial charge on any atom is 0.107 e. The molecular formula is C14H21BrClNS. The van der Waals surface area contributed by atoms with Crippen LogP contribution in [-0.2, 0) is 6.54 Å². The zero-order valence-electron chi connectivity index (χ0n) is 10.8. The molecule has 1 N–H and O–H groups in total. The summed E-state index contributed by atoms with van der Waals surface area (Å²) in [5.41, 5.74) is 0. The van der Waals surface area contributed by atoms with Gasteiger partial charge < -0.3 is 5.32 Å². The molecule has 1 fully saturated rings. The van der Waals surface area contributed by atoms with Gasteiger partial charge in [0.2, 0.25) is 0 Å². The molecule has 0 bridgehead atoms. The second-order valence-corrected chi connectivity index (χ2v) is 7.85. The lowest BCUT2D eigenvalue weighted by atomic mass is 9.81. The minimum absolute atomic E-state index is 0.857. The van der Waals surface area contributed by atoms with Crippen molar-refractivity contribution in [1.82, 2.24) is 5.32 Å². The summed E-state index contributed by atoms with van der Waals surface area (Å²) in [7, 11) is 0. The van der Waals surface area contributed by atoms with E-state index < -0.39 is 0 Å². The summed E-state index contributed by atoms with van der Waals surface area (Å²) in [6.07, 6.45) is 7.03. The van der Waals surface area contributed by atoms with Gasteiger partial charge in [0, 0.05) is 15.9 Å². The van der Waals surface area contributed by atoms with E-state index >= 15 is 0 Å². The molecule has 0 saturated heterocycles. The highest BCUT2D eigenvalue weighted by Crippen LogP contribution is 2.32. The summed E-state index contributed by atoms with van der Waals surface area (Å²) < 4.78 is 1.88. The molecule has 1 heterocycles. The predicted octanol–water partition coefficient (Wildman–Crippen LogP) is 5.47. The lowest BCUT2D eigenvalue weighted by Gasteiger charge is -2.27. The predicted molar refractivity (Wildman–Crippen MR) is 84.5 cm³/mol. The molecule has 1 aromatic heterocycles. The third kappa shape index (κ3) is 4.22. The fourth-order valence-corrected chi connectivity index (χ4v) is 4.48. The minimum atomic E-state index is 0.857. The molecule has 0 spiro atoms. The molecule has 1 nitrogen and oxygen atoms in total. The molecular weight excluding hydrogens is 330 g/mol. The van der Waals surface area contributed by atoms with Crippen LogP contribution >= 0.6 is 38.9 Å². The van der Waals surface area contributed by atoms with Gasteiger partial charge in [-0.05, 0) is 53.2 Å². The number of hydrogen-bond donors (Lipinski definition) is 1. The van der Waals surface area contributed by atoms with Crippen molar-refractivity contribution in [3.63, 3.8) is 0 Å². The highest BCUT2D eigenvalue weighted by Gasteiger charge is 2.19. The lowest BCUT2D eigenvalue weighted by Crippen LogP contribution is -2.25. The first-order valence-electron chi connectivity index (χ1n) is 6.83. The van der Waals surface area contributed by atoms with Crippen LogP contribution in [0.2, 0.25) is 4.34 Å². The van der Waals surface area contributed by atoms with Gasteiger partial charge in [-0.15, -0.1) is 11.3 Å². The minimum Gasteiger partial charge on any atom is -0.312 e. The topological polar surface area (TPSA) is 12.0 Å². The van der Waals surface area contributed by atoms with Gasteiger partial charge in [0.1, 0.15) is 4.34 Å². The zero-order chi connectivity index (χ0) is 13.0. The van der Waals surface area contributed by atoms with Crippen molar-refractivity contribution < 1.29 is 0 Å². The summed E-state index contributed by atoms with van der Waals surface area (Å²) in [4.78, 5) is 1.31. The highest BCUT2D eigenvalue weighted by molar-refractivity contribution is 9.10. The summed E-state index contributed by atoms with van der Waals surface area (Å²) >= 11 is 11.1. The Labute approximate surface area is 127 Å². The fourth-order valence-electron chi connectivity index (χ4n) is 2.72. The Kier molecular flexibility index (Phi) is 5.99. The Bertz CT molecular complexity index is 352. The van der Waals surface area contributed by atoms with E-state index in [0.29, 0.717) is 0 Å². The molecule has 2 rings (SSSR count). The van der Waals surface area contributed by atoms with E-state index in [1.54, 1.807) is 11.3 Å². The molecule has 102 valence electrons. The standard InChI is InChI=1S/C14H21BrClNS/c1-2-10-3-5-11(6-4-10)8-17-9-12-7-13(15)14(16)18-12/h7,10-11,17H,2-6,8-9H2,1H3. The molecule has 0 unspecified atom stereocenters. The molecule has 1 saturated carbocycles. The van der Waals surface area contributed by atoms with Gasteiger partial charge in [-0.2, -0.15) is 0 Å². The number of nitrogens with one attached hydrogen (secondary N) is 1.